The Bertz CT molecular complexity index is 701. The van der Waals surface area contributed by atoms with Gasteiger partial charge in [-0.25, -0.2) is 0 Å². The van der Waals surface area contributed by atoms with Crippen molar-refractivity contribution in [2.24, 2.45) is 5.92 Å². The van der Waals surface area contributed by atoms with Gasteiger partial charge in [-0.1, -0.05) is 43.3 Å². The number of thioether (sulfide) groups is 1. The van der Waals surface area contributed by atoms with E-state index >= 15 is 0 Å². The molecule has 23 heavy (non-hydrogen) atoms. The number of rotatable bonds is 7. The summed E-state index contributed by atoms with van der Waals surface area (Å²) in [5.41, 5.74) is 0.816. The minimum absolute atomic E-state index is 0.112. The number of carboxylic acid groups (broad SMARTS) is 1. The van der Waals surface area contributed by atoms with Crippen LogP contribution in [0.15, 0.2) is 42.5 Å². The number of hydrogen-bond donors (Lipinski definition) is 2. The van der Waals surface area contributed by atoms with Gasteiger partial charge < -0.3 is 10.4 Å². The first-order chi connectivity index (χ1) is 11.0. The Morgan fingerprint density at radius 2 is 1.87 bits per heavy atom. The molecule has 0 spiro atoms. The third kappa shape index (κ3) is 4.73. The van der Waals surface area contributed by atoms with Crippen molar-refractivity contribution in [3.8, 4) is 0 Å². The number of carbonyl (C=O) groups is 2. The molecule has 5 heteroatoms. The predicted molar refractivity (Wildman–Crippen MR) is 94.6 cm³/mol. The molecule has 1 unspecified atom stereocenters. The van der Waals surface area contributed by atoms with Crippen LogP contribution < -0.4 is 5.32 Å². The van der Waals surface area contributed by atoms with Crippen LogP contribution in [-0.4, -0.2) is 29.0 Å². The van der Waals surface area contributed by atoms with E-state index in [9.17, 15) is 9.59 Å². The lowest BCUT2D eigenvalue weighted by atomic mass is 9.99. The van der Waals surface area contributed by atoms with E-state index in [2.05, 4.69) is 5.32 Å². The molecule has 2 rings (SSSR count). The summed E-state index contributed by atoms with van der Waals surface area (Å²) in [6, 6.07) is 13.2. The maximum Gasteiger partial charge on any atom is 0.305 e. The van der Waals surface area contributed by atoms with E-state index in [4.69, 9.17) is 5.11 Å². The summed E-state index contributed by atoms with van der Waals surface area (Å²) in [5.74, 6) is -0.481. The average molecular weight is 331 g/mol. The fourth-order valence-corrected chi connectivity index (χ4v) is 3.14. The standard InChI is InChI=1S/C18H21NO3S/c1-12(11-23-2)18(22)19-16(10-17(20)21)15-8-7-13-5-3-4-6-14(13)9-15/h3-9,12,16H,10-11H2,1-2H3,(H,19,22)(H,20,21)/t12?,16-/m0/s1. The Morgan fingerprint density at radius 3 is 2.52 bits per heavy atom. The van der Waals surface area contributed by atoms with E-state index < -0.39 is 12.0 Å². The van der Waals surface area contributed by atoms with Gasteiger partial charge in [0, 0.05) is 11.7 Å². The van der Waals surface area contributed by atoms with Crippen LogP contribution in [0.2, 0.25) is 0 Å². The van der Waals surface area contributed by atoms with Crippen molar-refractivity contribution in [1.29, 1.82) is 0 Å². The van der Waals surface area contributed by atoms with Crippen LogP contribution in [0, 0.1) is 5.92 Å². The number of fused-ring (bicyclic) bond motifs is 1. The van der Waals surface area contributed by atoms with Gasteiger partial charge in [0.05, 0.1) is 12.5 Å². The monoisotopic (exact) mass is 331 g/mol. The van der Waals surface area contributed by atoms with Gasteiger partial charge in [0.15, 0.2) is 0 Å². The largest absolute Gasteiger partial charge is 0.481 e. The molecular weight excluding hydrogens is 310 g/mol. The number of aliphatic carboxylic acids is 1. The molecule has 0 radical (unpaired) electrons. The summed E-state index contributed by atoms with van der Waals surface area (Å²) in [5, 5.41) is 14.2. The van der Waals surface area contributed by atoms with Crippen molar-refractivity contribution in [2.75, 3.05) is 12.0 Å². The Balaban J connectivity index is 2.25. The number of nitrogens with one attached hydrogen (secondary N) is 1. The normalized spacial score (nSPS) is 13.5. The molecule has 0 aromatic heterocycles. The number of hydrogen-bond acceptors (Lipinski definition) is 3. The molecular formula is C18H21NO3S. The maximum atomic E-state index is 12.2. The predicted octanol–water partition coefficient (Wildman–Crippen LogP) is 3.47. The smallest absolute Gasteiger partial charge is 0.305 e. The molecule has 0 aliphatic heterocycles. The molecule has 0 bridgehead atoms. The Labute approximate surface area is 140 Å². The quantitative estimate of drug-likeness (QED) is 0.815. The van der Waals surface area contributed by atoms with Crippen molar-refractivity contribution in [1.82, 2.24) is 5.32 Å². The zero-order chi connectivity index (χ0) is 16.8. The van der Waals surface area contributed by atoms with Gasteiger partial charge >= 0.3 is 5.97 Å². The summed E-state index contributed by atoms with van der Waals surface area (Å²) >= 11 is 1.60. The molecule has 2 atom stereocenters. The molecule has 4 nitrogen and oxygen atoms in total. The van der Waals surface area contributed by atoms with Gasteiger partial charge in [0.2, 0.25) is 5.91 Å². The fourth-order valence-electron chi connectivity index (χ4n) is 2.49. The van der Waals surface area contributed by atoms with E-state index in [-0.39, 0.29) is 18.2 Å². The van der Waals surface area contributed by atoms with Gasteiger partial charge in [0.25, 0.3) is 0 Å². The summed E-state index contributed by atoms with van der Waals surface area (Å²) in [6.07, 6.45) is 1.82. The van der Waals surface area contributed by atoms with Crippen LogP contribution in [0.5, 0.6) is 0 Å². The van der Waals surface area contributed by atoms with E-state index in [1.807, 2.05) is 55.6 Å². The second-order valence-corrected chi connectivity index (χ2v) is 6.53. The summed E-state index contributed by atoms with van der Waals surface area (Å²) < 4.78 is 0. The molecule has 122 valence electrons. The second-order valence-electron chi connectivity index (χ2n) is 5.62. The van der Waals surface area contributed by atoms with Crippen LogP contribution >= 0.6 is 11.8 Å². The van der Waals surface area contributed by atoms with E-state index in [1.54, 1.807) is 11.8 Å². The first-order valence-electron chi connectivity index (χ1n) is 7.51. The fraction of sp³-hybridized carbons (Fsp3) is 0.333. The van der Waals surface area contributed by atoms with E-state index in [1.165, 1.54) is 0 Å². The maximum absolute atomic E-state index is 12.2. The first-order valence-corrected chi connectivity index (χ1v) is 8.90. The van der Waals surface area contributed by atoms with Crippen LogP contribution in [0.1, 0.15) is 24.9 Å². The van der Waals surface area contributed by atoms with Gasteiger partial charge in [-0.3, -0.25) is 9.59 Å². The molecule has 2 N–H and O–H groups in total. The summed E-state index contributed by atoms with van der Waals surface area (Å²) in [4.78, 5) is 23.4. The van der Waals surface area contributed by atoms with Crippen molar-refractivity contribution in [3.05, 3.63) is 48.0 Å². The van der Waals surface area contributed by atoms with Crippen LogP contribution in [0.25, 0.3) is 10.8 Å². The molecule has 0 aliphatic carbocycles. The highest BCUT2D eigenvalue weighted by molar-refractivity contribution is 7.98. The minimum atomic E-state index is -0.930. The lowest BCUT2D eigenvalue weighted by molar-refractivity contribution is -0.137. The molecule has 0 heterocycles. The van der Waals surface area contributed by atoms with Gasteiger partial charge in [-0.05, 0) is 28.7 Å². The Kier molecular flexibility index (Phi) is 6.04. The molecule has 0 saturated carbocycles. The summed E-state index contributed by atoms with van der Waals surface area (Å²) in [6.45, 7) is 1.85. The zero-order valence-corrected chi connectivity index (χ0v) is 14.1. The van der Waals surface area contributed by atoms with Crippen LogP contribution in [0.3, 0.4) is 0 Å². The highest BCUT2D eigenvalue weighted by Gasteiger charge is 2.21. The number of carboxylic acids is 1. The SMILES string of the molecule is CSCC(C)C(=O)N[C@@H](CC(=O)O)c1ccc2ccccc2c1. The van der Waals surface area contributed by atoms with Crippen molar-refractivity contribution < 1.29 is 14.7 Å². The summed E-state index contributed by atoms with van der Waals surface area (Å²) in [7, 11) is 0. The van der Waals surface area contributed by atoms with Gasteiger partial charge in [-0.15, -0.1) is 0 Å². The number of amides is 1. The second kappa shape index (κ2) is 8.02. The highest BCUT2D eigenvalue weighted by atomic mass is 32.2. The average Bonchev–Trinajstić information content (AvgIpc) is 2.53. The number of benzene rings is 2. The Morgan fingerprint density at radius 1 is 1.17 bits per heavy atom. The van der Waals surface area contributed by atoms with Crippen LogP contribution in [0.4, 0.5) is 0 Å². The Hall–Kier alpha value is -2.01. The molecule has 2 aromatic rings. The lowest BCUT2D eigenvalue weighted by Gasteiger charge is -2.20. The first kappa shape index (κ1) is 17.3. The topological polar surface area (TPSA) is 66.4 Å². The van der Waals surface area contributed by atoms with Crippen molar-refractivity contribution >= 4 is 34.4 Å². The third-order valence-corrected chi connectivity index (χ3v) is 4.57. The lowest BCUT2D eigenvalue weighted by Crippen LogP contribution is -2.35. The van der Waals surface area contributed by atoms with Crippen molar-refractivity contribution in [3.63, 3.8) is 0 Å². The molecule has 0 aliphatic rings. The molecule has 2 aromatic carbocycles. The molecule has 0 fully saturated rings. The molecule has 1 amide bonds. The van der Waals surface area contributed by atoms with E-state index in [0.717, 1.165) is 16.3 Å². The minimum Gasteiger partial charge on any atom is -0.481 e. The highest BCUT2D eigenvalue weighted by Crippen LogP contribution is 2.23. The van der Waals surface area contributed by atoms with E-state index in [0.29, 0.717) is 5.75 Å². The van der Waals surface area contributed by atoms with Crippen LogP contribution in [-0.2, 0) is 9.59 Å². The van der Waals surface area contributed by atoms with Gasteiger partial charge in [-0.2, -0.15) is 11.8 Å². The molecule has 0 saturated heterocycles. The van der Waals surface area contributed by atoms with Gasteiger partial charge in [0.1, 0.15) is 0 Å². The van der Waals surface area contributed by atoms with Crippen molar-refractivity contribution in [2.45, 2.75) is 19.4 Å². The third-order valence-electron chi connectivity index (χ3n) is 3.74. The number of carbonyl (C=O) groups excluding carboxylic acids is 1. The zero-order valence-electron chi connectivity index (χ0n) is 13.3.